The summed E-state index contributed by atoms with van der Waals surface area (Å²) in [4.78, 5) is 20.0. The fourth-order valence-corrected chi connectivity index (χ4v) is 5.40. The number of hydrogen-bond acceptors (Lipinski definition) is 7. The standard InChI is InChI=1S/C17H11F5N4O.C17H13F5N4.C4H7BO/c1-26-12(7-13(25-26)17(20,21)22)9-5-6-14(23-8-9)24-16(27)15-10(18)3-2-4-11(15)19;1-26-14(7-15(25-26)17(20,21)22)10-5-6-16(23-8-10)24-9-11-12(18)3-2-4-13(11)19;5-4-2-1-3-6-4/h2-8H,1H3,(H,23,24,27);2-8H,9H2,1H3,(H,23,24);4H,1-3H2. The molecule has 1 aliphatic rings. The van der Waals surface area contributed by atoms with Crippen LogP contribution in [-0.2, 0) is 37.7 Å². The second-order valence-corrected chi connectivity index (χ2v) is 12.6. The van der Waals surface area contributed by atoms with Crippen molar-refractivity contribution in [3.05, 3.63) is 131 Å². The number of pyridine rings is 2. The van der Waals surface area contributed by atoms with E-state index in [-0.39, 0.29) is 35.3 Å². The number of carbonyl (C=O) groups is 1. The molecule has 5 heterocycles. The predicted molar refractivity (Wildman–Crippen MR) is 196 cm³/mol. The van der Waals surface area contributed by atoms with Crippen LogP contribution in [-0.4, -0.2) is 55.9 Å². The Hall–Kier alpha value is -6.25. The van der Waals surface area contributed by atoms with Crippen LogP contribution < -0.4 is 10.6 Å². The molecule has 2 N–H and O–H groups in total. The van der Waals surface area contributed by atoms with Crippen molar-refractivity contribution >= 4 is 25.4 Å². The van der Waals surface area contributed by atoms with Gasteiger partial charge in [-0.15, -0.1) is 0 Å². The summed E-state index contributed by atoms with van der Waals surface area (Å²) in [5.41, 5.74) is -1.78. The summed E-state index contributed by atoms with van der Waals surface area (Å²) >= 11 is 0. The summed E-state index contributed by atoms with van der Waals surface area (Å²) in [7, 11) is 8.06. The molecular formula is C38H31BF10N8O2. The Bertz CT molecular complexity index is 2320. The molecule has 10 nitrogen and oxygen atoms in total. The Morgan fingerprint density at radius 1 is 0.746 bits per heavy atom. The summed E-state index contributed by atoms with van der Waals surface area (Å²) in [5, 5.41) is 11.8. The largest absolute Gasteiger partial charge is 0.435 e. The van der Waals surface area contributed by atoms with Gasteiger partial charge in [0.15, 0.2) is 11.4 Å². The quantitative estimate of drug-likeness (QED) is 0.122. The Morgan fingerprint density at radius 3 is 1.59 bits per heavy atom. The Kier molecular flexibility index (Phi) is 13.8. The van der Waals surface area contributed by atoms with Gasteiger partial charge in [0.2, 0.25) is 0 Å². The average Bonchev–Trinajstić information content (AvgIpc) is 3.92. The molecule has 21 heteroatoms. The van der Waals surface area contributed by atoms with Gasteiger partial charge in [0.1, 0.15) is 48.3 Å². The van der Waals surface area contributed by atoms with Crippen molar-refractivity contribution in [3.8, 4) is 22.5 Å². The maximum atomic E-state index is 13.6. The van der Waals surface area contributed by atoms with Gasteiger partial charge in [-0.1, -0.05) is 12.1 Å². The predicted octanol–water partition coefficient (Wildman–Crippen LogP) is 8.71. The van der Waals surface area contributed by atoms with Crippen molar-refractivity contribution in [1.82, 2.24) is 29.5 Å². The Balaban J connectivity index is 0.000000196. The maximum Gasteiger partial charge on any atom is 0.435 e. The first-order chi connectivity index (χ1) is 27.8. The molecule has 6 aromatic rings. The molecule has 1 unspecified atom stereocenters. The third kappa shape index (κ3) is 11.5. The van der Waals surface area contributed by atoms with Gasteiger partial charge in [-0.25, -0.2) is 27.5 Å². The molecule has 308 valence electrons. The smallest absolute Gasteiger partial charge is 0.388 e. The number of nitrogens with zero attached hydrogens (tertiary/aromatic N) is 6. The zero-order valence-corrected chi connectivity index (χ0v) is 30.8. The van der Waals surface area contributed by atoms with E-state index in [1.807, 2.05) is 0 Å². The third-order valence-electron chi connectivity index (χ3n) is 8.36. The molecule has 1 fully saturated rings. The fraction of sp³-hybridized carbons (Fsp3) is 0.237. The summed E-state index contributed by atoms with van der Waals surface area (Å²) in [5.74, 6) is -4.14. The van der Waals surface area contributed by atoms with Crippen molar-refractivity contribution in [3.63, 3.8) is 0 Å². The lowest BCUT2D eigenvalue weighted by Gasteiger charge is -2.08. The molecule has 0 aliphatic carbocycles. The zero-order valence-electron chi connectivity index (χ0n) is 30.8. The highest BCUT2D eigenvalue weighted by Gasteiger charge is 2.35. The van der Waals surface area contributed by atoms with Crippen molar-refractivity contribution in [2.45, 2.75) is 37.7 Å². The molecular weight excluding hydrogens is 801 g/mol. The van der Waals surface area contributed by atoms with Gasteiger partial charge in [0, 0.05) is 62.3 Å². The second-order valence-electron chi connectivity index (χ2n) is 12.6. The lowest BCUT2D eigenvalue weighted by molar-refractivity contribution is -0.142. The Labute approximate surface area is 330 Å². The number of rotatable bonds is 7. The molecule has 4 aromatic heterocycles. The number of aryl methyl sites for hydroxylation is 2. The molecule has 0 bridgehead atoms. The number of amides is 1. The van der Waals surface area contributed by atoms with E-state index in [4.69, 9.17) is 12.6 Å². The van der Waals surface area contributed by atoms with Crippen LogP contribution in [0.15, 0.2) is 85.2 Å². The molecule has 1 amide bonds. The average molecular weight is 833 g/mol. The first-order valence-electron chi connectivity index (χ1n) is 17.3. The first-order valence-corrected chi connectivity index (χ1v) is 17.3. The van der Waals surface area contributed by atoms with Gasteiger partial charge >= 0.3 is 12.4 Å². The number of anilines is 2. The first kappa shape index (κ1) is 43.9. The highest BCUT2D eigenvalue weighted by atomic mass is 19.4. The molecule has 59 heavy (non-hydrogen) atoms. The minimum Gasteiger partial charge on any atom is -0.388 e. The number of benzene rings is 2. The van der Waals surface area contributed by atoms with Crippen molar-refractivity contribution in [2.24, 2.45) is 14.1 Å². The van der Waals surface area contributed by atoms with Crippen LogP contribution in [0.1, 0.15) is 40.2 Å². The zero-order chi connectivity index (χ0) is 43.1. The van der Waals surface area contributed by atoms with Gasteiger partial charge in [-0.05, 0) is 73.5 Å². The summed E-state index contributed by atoms with van der Waals surface area (Å²) in [6.07, 6.45) is -4.36. The van der Waals surface area contributed by atoms with Gasteiger partial charge in [-0.3, -0.25) is 14.2 Å². The summed E-state index contributed by atoms with van der Waals surface area (Å²) in [6, 6.07) is 14.2. The van der Waals surface area contributed by atoms with E-state index in [0.717, 1.165) is 71.3 Å². The van der Waals surface area contributed by atoms with E-state index < -0.39 is 58.5 Å². The third-order valence-corrected chi connectivity index (χ3v) is 8.36. The van der Waals surface area contributed by atoms with Crippen molar-refractivity contribution < 1.29 is 53.4 Å². The van der Waals surface area contributed by atoms with Gasteiger partial charge < -0.3 is 15.4 Å². The lowest BCUT2D eigenvalue weighted by atomic mass is 9.98. The van der Waals surface area contributed by atoms with Crippen LogP contribution in [0.2, 0.25) is 0 Å². The lowest BCUT2D eigenvalue weighted by Crippen LogP contribution is -2.16. The SMILES string of the molecule is Cn1nc(C(F)(F)F)cc1-c1ccc(NC(=O)c2c(F)cccc2F)nc1.Cn1nc(C(F)(F)F)cc1-c1ccc(NCc2c(F)cccc2F)nc1.[B]C1CCCO1. The van der Waals surface area contributed by atoms with E-state index in [1.165, 1.54) is 50.8 Å². The molecule has 2 radical (unpaired) electrons. The van der Waals surface area contributed by atoms with Gasteiger partial charge in [-0.2, -0.15) is 36.5 Å². The van der Waals surface area contributed by atoms with E-state index in [1.54, 1.807) is 6.07 Å². The van der Waals surface area contributed by atoms with Crippen LogP contribution in [0, 0.1) is 23.3 Å². The topological polar surface area (TPSA) is 112 Å². The highest BCUT2D eigenvalue weighted by molar-refractivity contribution is 6.11. The van der Waals surface area contributed by atoms with Crippen LogP contribution in [0.3, 0.4) is 0 Å². The summed E-state index contributed by atoms with van der Waals surface area (Å²) in [6.45, 7) is 0.746. The second kappa shape index (κ2) is 18.6. The van der Waals surface area contributed by atoms with Crippen LogP contribution in [0.5, 0.6) is 0 Å². The molecule has 0 saturated carbocycles. The molecule has 1 saturated heterocycles. The number of aromatic nitrogens is 6. The van der Waals surface area contributed by atoms with E-state index in [0.29, 0.717) is 16.9 Å². The number of carbonyl (C=O) groups excluding carboxylic acids is 1. The molecule has 2 aromatic carbocycles. The fourth-order valence-electron chi connectivity index (χ4n) is 5.40. The molecule has 0 spiro atoms. The van der Waals surface area contributed by atoms with Crippen LogP contribution in [0.4, 0.5) is 55.5 Å². The highest BCUT2D eigenvalue weighted by Crippen LogP contribution is 2.33. The molecule has 1 aliphatic heterocycles. The summed E-state index contributed by atoms with van der Waals surface area (Å²) < 4.78 is 138. The maximum absolute atomic E-state index is 13.6. The minimum atomic E-state index is -4.58. The monoisotopic (exact) mass is 832 g/mol. The Morgan fingerprint density at radius 2 is 1.22 bits per heavy atom. The number of nitrogens with one attached hydrogen (secondary N) is 2. The van der Waals surface area contributed by atoms with E-state index in [9.17, 15) is 48.7 Å². The van der Waals surface area contributed by atoms with Crippen LogP contribution in [0.25, 0.3) is 22.5 Å². The number of ether oxygens (including phenoxy) is 1. The normalized spacial score (nSPS) is 13.9. The minimum absolute atomic E-state index is 0.0235. The van der Waals surface area contributed by atoms with Gasteiger partial charge in [0.05, 0.1) is 11.4 Å². The van der Waals surface area contributed by atoms with Crippen molar-refractivity contribution in [1.29, 1.82) is 0 Å². The molecule has 1 atom stereocenters. The molecule has 7 rings (SSSR count). The number of alkyl halides is 6. The van der Waals surface area contributed by atoms with Gasteiger partial charge in [0.25, 0.3) is 5.91 Å². The van der Waals surface area contributed by atoms with Crippen LogP contribution >= 0.6 is 0 Å². The number of halogens is 10. The number of hydrogen-bond donors (Lipinski definition) is 2. The van der Waals surface area contributed by atoms with E-state index >= 15 is 0 Å². The van der Waals surface area contributed by atoms with E-state index in [2.05, 4.69) is 30.8 Å². The van der Waals surface area contributed by atoms with Crippen molar-refractivity contribution in [2.75, 3.05) is 17.2 Å².